The number of carbonyl (C=O) groups excluding carboxylic acids is 1. The van der Waals surface area contributed by atoms with Crippen LogP contribution < -0.4 is 0 Å². The highest BCUT2D eigenvalue weighted by molar-refractivity contribution is 7.12. The second-order valence-electron chi connectivity index (χ2n) is 4.78. The zero-order valence-corrected chi connectivity index (χ0v) is 10.7. The molecule has 1 aromatic heterocycles. The van der Waals surface area contributed by atoms with Gasteiger partial charge >= 0.3 is 0 Å². The van der Waals surface area contributed by atoms with Gasteiger partial charge in [0.2, 0.25) is 0 Å². The van der Waals surface area contributed by atoms with Crippen molar-refractivity contribution in [2.75, 3.05) is 0 Å². The number of aryl methyl sites for hydroxylation is 2. The van der Waals surface area contributed by atoms with Crippen LogP contribution in [0.3, 0.4) is 0 Å². The Bertz CT molecular complexity index is 368. The minimum absolute atomic E-state index is 0.203. The number of fused-ring (bicyclic) bond motifs is 1. The van der Waals surface area contributed by atoms with Gasteiger partial charge in [-0.1, -0.05) is 13.8 Å². The van der Waals surface area contributed by atoms with E-state index in [4.69, 9.17) is 0 Å². The van der Waals surface area contributed by atoms with E-state index in [0.717, 1.165) is 12.8 Å². The van der Waals surface area contributed by atoms with E-state index in [-0.39, 0.29) is 11.8 Å². The first-order chi connectivity index (χ1) is 7.00. The fourth-order valence-electron chi connectivity index (χ4n) is 2.61. The van der Waals surface area contributed by atoms with Crippen LogP contribution in [0.1, 0.15) is 34.7 Å². The largest absolute Gasteiger partial charge is 0.299 e. The third-order valence-electron chi connectivity index (χ3n) is 3.51. The molecule has 2 unspecified atom stereocenters. The Balaban J connectivity index is 2.48. The van der Waals surface area contributed by atoms with Crippen LogP contribution >= 0.6 is 11.3 Å². The van der Waals surface area contributed by atoms with Gasteiger partial charge in [0.25, 0.3) is 0 Å². The summed E-state index contributed by atoms with van der Waals surface area (Å²) in [6.07, 6.45) is 1.91. The summed E-state index contributed by atoms with van der Waals surface area (Å²) >= 11 is 1.89. The molecule has 82 valence electrons. The first kappa shape index (κ1) is 10.9. The molecule has 15 heavy (non-hydrogen) atoms. The van der Waals surface area contributed by atoms with Crippen LogP contribution in [0, 0.1) is 25.7 Å². The Hall–Kier alpha value is -0.630. The predicted octanol–water partition coefficient (Wildman–Crippen LogP) is 3.30. The molecule has 0 spiro atoms. The summed E-state index contributed by atoms with van der Waals surface area (Å²) in [5.41, 5.74) is 2.92. The lowest BCUT2D eigenvalue weighted by molar-refractivity contribution is -0.125. The van der Waals surface area contributed by atoms with E-state index in [9.17, 15) is 4.79 Å². The number of thiophene rings is 1. The molecular formula is C13H18OS. The Labute approximate surface area is 95.5 Å². The summed E-state index contributed by atoms with van der Waals surface area (Å²) in [7, 11) is 0. The Kier molecular flexibility index (Phi) is 2.72. The minimum Gasteiger partial charge on any atom is -0.299 e. The van der Waals surface area contributed by atoms with E-state index in [1.54, 1.807) is 0 Å². The van der Waals surface area contributed by atoms with Crippen molar-refractivity contribution < 1.29 is 4.79 Å². The van der Waals surface area contributed by atoms with Crippen LogP contribution in [0.25, 0.3) is 0 Å². The molecule has 0 bridgehead atoms. The van der Waals surface area contributed by atoms with E-state index in [0.29, 0.717) is 5.78 Å². The van der Waals surface area contributed by atoms with Gasteiger partial charge in [0, 0.05) is 21.6 Å². The molecule has 0 amide bonds. The van der Waals surface area contributed by atoms with Crippen molar-refractivity contribution >= 4 is 17.1 Å². The van der Waals surface area contributed by atoms with E-state index < -0.39 is 0 Å². The van der Waals surface area contributed by atoms with Crippen molar-refractivity contribution in [1.29, 1.82) is 0 Å². The smallest absolute Gasteiger partial charge is 0.139 e. The topological polar surface area (TPSA) is 17.1 Å². The maximum atomic E-state index is 11.9. The standard InChI is InChI=1S/C13H18OS/c1-7-5-11-9(3)15-10(4)12(11)6-8(2)13(7)14/h7-8H,5-6H2,1-4H3. The zero-order chi connectivity index (χ0) is 11.2. The van der Waals surface area contributed by atoms with E-state index >= 15 is 0 Å². The maximum Gasteiger partial charge on any atom is 0.139 e. The predicted molar refractivity (Wildman–Crippen MR) is 64.5 cm³/mol. The van der Waals surface area contributed by atoms with Crippen molar-refractivity contribution in [3.8, 4) is 0 Å². The number of hydrogen-bond donors (Lipinski definition) is 0. The van der Waals surface area contributed by atoms with Crippen LogP contribution in [0.2, 0.25) is 0 Å². The van der Waals surface area contributed by atoms with Crippen LogP contribution in [0.15, 0.2) is 0 Å². The van der Waals surface area contributed by atoms with Crippen molar-refractivity contribution in [2.45, 2.75) is 40.5 Å². The van der Waals surface area contributed by atoms with Gasteiger partial charge in [-0.15, -0.1) is 11.3 Å². The molecule has 0 saturated heterocycles. The molecule has 0 saturated carbocycles. The lowest BCUT2D eigenvalue weighted by atomic mass is 9.93. The highest BCUT2D eigenvalue weighted by Crippen LogP contribution is 2.34. The lowest BCUT2D eigenvalue weighted by Crippen LogP contribution is -2.19. The number of ketones is 1. The van der Waals surface area contributed by atoms with Gasteiger partial charge in [0.05, 0.1) is 0 Å². The third-order valence-corrected chi connectivity index (χ3v) is 4.62. The molecule has 0 aromatic carbocycles. The summed E-state index contributed by atoms with van der Waals surface area (Å²) < 4.78 is 0. The molecule has 1 nitrogen and oxygen atoms in total. The van der Waals surface area contributed by atoms with Crippen molar-refractivity contribution in [2.24, 2.45) is 11.8 Å². The van der Waals surface area contributed by atoms with E-state index in [1.165, 1.54) is 20.9 Å². The van der Waals surface area contributed by atoms with Gasteiger partial charge in [0.1, 0.15) is 5.78 Å². The molecule has 1 aliphatic rings. The molecule has 0 N–H and O–H groups in total. The molecule has 0 radical (unpaired) electrons. The monoisotopic (exact) mass is 222 g/mol. The SMILES string of the molecule is Cc1sc(C)c2c1CC(C)C(=O)C(C)C2. The number of hydrogen-bond acceptors (Lipinski definition) is 2. The van der Waals surface area contributed by atoms with Gasteiger partial charge < -0.3 is 0 Å². The Morgan fingerprint density at radius 1 is 1.00 bits per heavy atom. The molecule has 1 aliphatic carbocycles. The van der Waals surface area contributed by atoms with Gasteiger partial charge in [-0.25, -0.2) is 0 Å². The second kappa shape index (κ2) is 3.75. The van der Waals surface area contributed by atoms with Crippen molar-refractivity contribution in [3.05, 3.63) is 20.9 Å². The average Bonchev–Trinajstić information content (AvgIpc) is 2.36. The molecule has 0 fully saturated rings. The molecule has 0 aliphatic heterocycles. The van der Waals surface area contributed by atoms with Gasteiger partial charge in [0.15, 0.2) is 0 Å². The first-order valence-corrected chi connectivity index (χ1v) is 6.43. The fraction of sp³-hybridized carbons (Fsp3) is 0.615. The van der Waals surface area contributed by atoms with Crippen LogP contribution in [-0.4, -0.2) is 5.78 Å². The maximum absolute atomic E-state index is 11.9. The summed E-state index contributed by atoms with van der Waals surface area (Å²) in [6.45, 7) is 8.51. The zero-order valence-electron chi connectivity index (χ0n) is 9.89. The average molecular weight is 222 g/mol. The summed E-state index contributed by atoms with van der Waals surface area (Å²) in [5.74, 6) is 0.845. The minimum atomic E-state index is 0.203. The van der Waals surface area contributed by atoms with Crippen LogP contribution in [-0.2, 0) is 17.6 Å². The van der Waals surface area contributed by atoms with Crippen molar-refractivity contribution in [1.82, 2.24) is 0 Å². The molecule has 1 aromatic rings. The summed E-state index contributed by atoms with van der Waals surface area (Å²) in [6, 6.07) is 0. The van der Waals surface area contributed by atoms with E-state index in [1.807, 2.05) is 11.3 Å². The van der Waals surface area contributed by atoms with E-state index in [2.05, 4.69) is 27.7 Å². The normalized spacial score (nSPS) is 26.3. The number of carbonyl (C=O) groups is 1. The fourth-order valence-corrected chi connectivity index (χ4v) is 3.73. The van der Waals surface area contributed by atoms with Gasteiger partial charge in [-0.2, -0.15) is 0 Å². The molecule has 2 rings (SSSR count). The summed E-state index contributed by atoms with van der Waals surface area (Å²) in [5, 5.41) is 0. The van der Waals surface area contributed by atoms with Gasteiger partial charge in [-0.05, 0) is 37.8 Å². The molecule has 2 heteroatoms. The lowest BCUT2D eigenvalue weighted by Gasteiger charge is -2.10. The Morgan fingerprint density at radius 3 is 1.80 bits per heavy atom. The molecular weight excluding hydrogens is 204 g/mol. The second-order valence-corrected chi connectivity index (χ2v) is 6.21. The Morgan fingerprint density at radius 2 is 1.40 bits per heavy atom. The van der Waals surface area contributed by atoms with Gasteiger partial charge in [-0.3, -0.25) is 4.79 Å². The first-order valence-electron chi connectivity index (χ1n) is 5.62. The quantitative estimate of drug-likeness (QED) is 0.616. The number of rotatable bonds is 0. The number of Topliss-reactive ketones (excluding diaryl/α,β-unsaturated/α-hetero) is 1. The third kappa shape index (κ3) is 1.76. The summed E-state index contributed by atoms with van der Waals surface area (Å²) in [4.78, 5) is 14.8. The van der Waals surface area contributed by atoms with Crippen molar-refractivity contribution in [3.63, 3.8) is 0 Å². The van der Waals surface area contributed by atoms with Crippen LogP contribution in [0.4, 0.5) is 0 Å². The highest BCUT2D eigenvalue weighted by Gasteiger charge is 2.28. The van der Waals surface area contributed by atoms with Crippen LogP contribution in [0.5, 0.6) is 0 Å². The molecule has 2 atom stereocenters. The molecule has 1 heterocycles. The highest BCUT2D eigenvalue weighted by atomic mass is 32.1.